The predicted octanol–water partition coefficient (Wildman–Crippen LogP) is 0.760. The Morgan fingerprint density at radius 1 is 1.11 bits per heavy atom. The molecular weight excluding hydrogens is 342 g/mol. The fourth-order valence-electron chi connectivity index (χ4n) is 4.70. The molecule has 3 atom stereocenters. The minimum absolute atomic E-state index is 0.00771. The molecule has 1 saturated carbocycles. The number of aliphatic hydroxyl groups is 2. The number of carbonyl (C=O) groups is 1. The lowest BCUT2D eigenvalue weighted by Gasteiger charge is -2.38. The maximum absolute atomic E-state index is 11.8. The zero-order chi connectivity index (χ0) is 19.3. The van der Waals surface area contributed by atoms with Gasteiger partial charge >= 0.3 is 0 Å². The topological polar surface area (TPSA) is 98.8 Å². The van der Waals surface area contributed by atoms with Crippen LogP contribution in [0.4, 0.5) is 0 Å². The van der Waals surface area contributed by atoms with E-state index in [0.717, 1.165) is 45.2 Å². The van der Waals surface area contributed by atoms with Crippen molar-refractivity contribution < 1.29 is 15.0 Å². The molecule has 1 aromatic rings. The summed E-state index contributed by atoms with van der Waals surface area (Å²) >= 11 is 0. The smallest absolute Gasteiger partial charge is 0.233 e. The van der Waals surface area contributed by atoms with E-state index < -0.39 is 0 Å². The number of amides is 1. The summed E-state index contributed by atoms with van der Waals surface area (Å²) in [7, 11) is 0. The number of rotatable bonds is 5. The average molecular weight is 376 g/mol. The van der Waals surface area contributed by atoms with Gasteiger partial charge in [0.25, 0.3) is 0 Å². The molecule has 6 nitrogen and oxygen atoms in total. The van der Waals surface area contributed by atoms with E-state index in [9.17, 15) is 15.0 Å². The highest BCUT2D eigenvalue weighted by atomic mass is 16.3. The van der Waals surface area contributed by atoms with Crippen molar-refractivity contribution in [1.29, 1.82) is 0 Å². The average Bonchev–Trinajstić information content (AvgIpc) is 2.87. The molecule has 1 aromatic carbocycles. The quantitative estimate of drug-likeness (QED) is 0.570. The summed E-state index contributed by atoms with van der Waals surface area (Å²) in [4.78, 5) is 14.1. The van der Waals surface area contributed by atoms with E-state index in [2.05, 4.69) is 22.3 Å². The molecule has 3 rings (SSSR count). The molecule has 1 heterocycles. The SMILES string of the molecule is NCC(=O)NC[C@@]1(c2ccccc2)CC[C@H](O)[C@@H](N2CCC(O)CC2)CC1. The molecule has 0 radical (unpaired) electrons. The Morgan fingerprint density at radius 3 is 2.44 bits per heavy atom. The van der Waals surface area contributed by atoms with Gasteiger partial charge in [-0.05, 0) is 44.1 Å². The van der Waals surface area contributed by atoms with Crippen LogP contribution in [0.3, 0.4) is 0 Å². The van der Waals surface area contributed by atoms with Crippen molar-refractivity contribution in [3.63, 3.8) is 0 Å². The van der Waals surface area contributed by atoms with Crippen LogP contribution in [0.15, 0.2) is 30.3 Å². The first-order valence-electron chi connectivity index (χ1n) is 10.2. The lowest BCUT2D eigenvalue weighted by Crippen LogP contribution is -2.48. The number of aliphatic hydroxyl groups excluding tert-OH is 2. The van der Waals surface area contributed by atoms with Crippen molar-refractivity contribution >= 4 is 5.91 Å². The van der Waals surface area contributed by atoms with E-state index in [1.165, 1.54) is 5.56 Å². The molecule has 5 N–H and O–H groups in total. The number of nitrogens with two attached hydrogens (primary N) is 1. The third kappa shape index (κ3) is 4.88. The number of carbonyl (C=O) groups excluding carboxylic acids is 1. The van der Waals surface area contributed by atoms with Crippen LogP contribution >= 0.6 is 0 Å². The van der Waals surface area contributed by atoms with E-state index in [1.54, 1.807) is 0 Å². The molecular formula is C21H33N3O3. The highest BCUT2D eigenvalue weighted by molar-refractivity contribution is 5.77. The zero-order valence-corrected chi connectivity index (χ0v) is 16.0. The van der Waals surface area contributed by atoms with Crippen LogP contribution in [0, 0.1) is 0 Å². The molecule has 1 aliphatic carbocycles. The summed E-state index contributed by atoms with van der Waals surface area (Å²) in [5.41, 5.74) is 6.50. The first kappa shape index (κ1) is 20.3. The van der Waals surface area contributed by atoms with Gasteiger partial charge in [-0.15, -0.1) is 0 Å². The zero-order valence-electron chi connectivity index (χ0n) is 16.0. The first-order chi connectivity index (χ1) is 13.0. The third-order valence-electron chi connectivity index (χ3n) is 6.45. The van der Waals surface area contributed by atoms with Gasteiger partial charge in [0.1, 0.15) is 0 Å². The summed E-state index contributed by atoms with van der Waals surface area (Å²) in [5, 5.41) is 23.6. The summed E-state index contributed by atoms with van der Waals surface area (Å²) < 4.78 is 0. The van der Waals surface area contributed by atoms with E-state index in [1.807, 2.05) is 18.2 Å². The lowest BCUT2D eigenvalue weighted by molar-refractivity contribution is -0.120. The Balaban J connectivity index is 1.77. The van der Waals surface area contributed by atoms with Crippen LogP contribution in [0.2, 0.25) is 0 Å². The van der Waals surface area contributed by atoms with Gasteiger partial charge in [0.05, 0.1) is 18.8 Å². The molecule has 0 unspecified atom stereocenters. The van der Waals surface area contributed by atoms with Crippen molar-refractivity contribution in [1.82, 2.24) is 10.2 Å². The molecule has 0 spiro atoms. The largest absolute Gasteiger partial charge is 0.393 e. The van der Waals surface area contributed by atoms with Gasteiger partial charge in [0.2, 0.25) is 5.91 Å². The van der Waals surface area contributed by atoms with E-state index in [4.69, 9.17) is 5.73 Å². The molecule has 1 saturated heterocycles. The second-order valence-electron chi connectivity index (χ2n) is 8.11. The summed E-state index contributed by atoms with van der Waals surface area (Å²) in [6.07, 6.45) is 4.29. The third-order valence-corrected chi connectivity index (χ3v) is 6.45. The standard InChI is InChI=1S/C21H33N3O3/c22-14-20(27)23-15-21(16-4-2-1-3-5-16)10-6-18(19(26)7-11-21)24-12-8-17(25)9-13-24/h1-5,17-19,25-26H,6-15,22H2,(H,23,27)/t18-,19-,21-/m0/s1. The van der Waals surface area contributed by atoms with Crippen molar-refractivity contribution in [2.24, 2.45) is 5.73 Å². The van der Waals surface area contributed by atoms with Crippen LogP contribution in [-0.4, -0.2) is 65.4 Å². The molecule has 0 aromatic heterocycles. The highest BCUT2D eigenvalue weighted by Gasteiger charge is 2.40. The monoisotopic (exact) mass is 375 g/mol. The molecule has 2 aliphatic rings. The number of nitrogens with one attached hydrogen (secondary N) is 1. The number of nitrogens with zero attached hydrogens (tertiary/aromatic N) is 1. The number of hydrogen-bond acceptors (Lipinski definition) is 5. The van der Waals surface area contributed by atoms with Crippen molar-refractivity contribution in [3.8, 4) is 0 Å². The van der Waals surface area contributed by atoms with Crippen LogP contribution in [0.1, 0.15) is 44.1 Å². The van der Waals surface area contributed by atoms with Crippen LogP contribution < -0.4 is 11.1 Å². The number of piperidine rings is 1. The minimum atomic E-state index is -0.379. The van der Waals surface area contributed by atoms with Gasteiger partial charge in [-0.1, -0.05) is 30.3 Å². The fourth-order valence-corrected chi connectivity index (χ4v) is 4.70. The van der Waals surface area contributed by atoms with Crippen molar-refractivity contribution in [3.05, 3.63) is 35.9 Å². The Kier molecular flexibility index (Phi) is 6.87. The molecule has 27 heavy (non-hydrogen) atoms. The maximum Gasteiger partial charge on any atom is 0.233 e. The molecule has 150 valence electrons. The highest BCUT2D eigenvalue weighted by Crippen LogP contribution is 2.39. The first-order valence-corrected chi connectivity index (χ1v) is 10.2. The fraction of sp³-hybridized carbons (Fsp3) is 0.667. The predicted molar refractivity (Wildman–Crippen MR) is 105 cm³/mol. The van der Waals surface area contributed by atoms with Gasteiger partial charge in [-0.25, -0.2) is 0 Å². The Morgan fingerprint density at radius 2 is 1.78 bits per heavy atom. The molecule has 0 bridgehead atoms. The summed E-state index contributed by atoms with van der Waals surface area (Å²) in [5.74, 6) is -0.142. The van der Waals surface area contributed by atoms with Gasteiger partial charge in [-0.3, -0.25) is 9.69 Å². The Bertz CT molecular complexity index is 604. The molecule has 1 amide bonds. The normalized spacial score (nSPS) is 30.6. The molecule has 1 aliphatic heterocycles. The van der Waals surface area contributed by atoms with Crippen molar-refractivity contribution in [2.75, 3.05) is 26.2 Å². The second-order valence-corrected chi connectivity index (χ2v) is 8.11. The van der Waals surface area contributed by atoms with E-state index >= 15 is 0 Å². The van der Waals surface area contributed by atoms with Crippen LogP contribution in [0.25, 0.3) is 0 Å². The minimum Gasteiger partial charge on any atom is -0.393 e. The maximum atomic E-state index is 11.8. The van der Waals surface area contributed by atoms with Gasteiger partial charge < -0.3 is 21.3 Å². The summed E-state index contributed by atoms with van der Waals surface area (Å²) in [6, 6.07) is 10.4. The number of benzene rings is 1. The molecule has 2 fully saturated rings. The van der Waals surface area contributed by atoms with E-state index in [-0.39, 0.29) is 36.1 Å². The van der Waals surface area contributed by atoms with Gasteiger partial charge in [0.15, 0.2) is 0 Å². The van der Waals surface area contributed by atoms with Gasteiger partial charge in [0, 0.05) is 31.1 Å². The second kappa shape index (κ2) is 9.15. The Labute approximate surface area is 161 Å². The summed E-state index contributed by atoms with van der Waals surface area (Å²) in [6.45, 7) is 2.22. The van der Waals surface area contributed by atoms with Crippen molar-refractivity contribution in [2.45, 2.75) is 62.2 Å². The van der Waals surface area contributed by atoms with Crippen LogP contribution in [0.5, 0.6) is 0 Å². The van der Waals surface area contributed by atoms with Crippen LogP contribution in [-0.2, 0) is 10.2 Å². The molecule has 6 heteroatoms. The lowest BCUT2D eigenvalue weighted by atomic mass is 9.74. The number of likely N-dealkylation sites (tertiary alicyclic amines) is 1. The Hall–Kier alpha value is -1.47. The van der Waals surface area contributed by atoms with Gasteiger partial charge in [-0.2, -0.15) is 0 Å². The number of hydrogen-bond donors (Lipinski definition) is 4. The van der Waals surface area contributed by atoms with E-state index in [0.29, 0.717) is 13.0 Å².